The van der Waals surface area contributed by atoms with E-state index in [-0.39, 0.29) is 5.56 Å². The number of rotatable bonds is 4. The number of hydrogen-bond acceptors (Lipinski definition) is 3. The second-order valence-electron chi connectivity index (χ2n) is 2.86. The normalized spacial score (nSPS) is 9.43. The van der Waals surface area contributed by atoms with Gasteiger partial charge in [0.05, 0.1) is 11.9 Å². The van der Waals surface area contributed by atoms with E-state index in [0.717, 1.165) is 12.1 Å². The highest BCUT2D eigenvalue weighted by atomic mass is 16.1. The topological polar surface area (TPSA) is 46.9 Å². The van der Waals surface area contributed by atoms with Crippen LogP contribution in [0.3, 0.4) is 0 Å². The minimum absolute atomic E-state index is 0.103. The molecule has 1 aromatic rings. The first-order valence-electron chi connectivity index (χ1n) is 4.46. The van der Waals surface area contributed by atoms with E-state index in [2.05, 4.69) is 16.3 Å². The van der Waals surface area contributed by atoms with Gasteiger partial charge in [-0.2, -0.15) is 5.10 Å². The molecule has 1 heterocycles. The van der Waals surface area contributed by atoms with Crippen LogP contribution in [0, 0.1) is 12.3 Å². The van der Waals surface area contributed by atoms with Crippen LogP contribution in [0.2, 0.25) is 0 Å². The van der Waals surface area contributed by atoms with Gasteiger partial charge in [-0.15, -0.1) is 12.3 Å². The van der Waals surface area contributed by atoms with Gasteiger partial charge in [0, 0.05) is 26.1 Å². The molecule has 0 aliphatic heterocycles. The van der Waals surface area contributed by atoms with Crippen LogP contribution in [0.5, 0.6) is 0 Å². The van der Waals surface area contributed by atoms with Crippen LogP contribution in [0.4, 0.5) is 5.69 Å². The molecule has 0 amide bonds. The Morgan fingerprint density at radius 2 is 2.50 bits per heavy atom. The standard InChI is InChI=1S/C10H13N3O/c1-3-4-5-6-13-10(14)7-9(11-2)8-12-13/h1,7-8,11H,4-6H2,2H3. The number of anilines is 1. The first kappa shape index (κ1) is 10.3. The first-order valence-corrected chi connectivity index (χ1v) is 4.46. The lowest BCUT2D eigenvalue weighted by atomic mass is 10.3. The number of unbranched alkanes of at least 4 members (excludes halogenated alkanes) is 1. The van der Waals surface area contributed by atoms with Crippen molar-refractivity contribution in [2.75, 3.05) is 12.4 Å². The maximum Gasteiger partial charge on any atom is 0.268 e. The fourth-order valence-electron chi connectivity index (χ4n) is 1.07. The van der Waals surface area contributed by atoms with Crippen LogP contribution in [0.25, 0.3) is 0 Å². The summed E-state index contributed by atoms with van der Waals surface area (Å²) in [5.74, 6) is 2.52. The van der Waals surface area contributed by atoms with Crippen molar-refractivity contribution in [3.63, 3.8) is 0 Å². The van der Waals surface area contributed by atoms with Crippen LogP contribution in [0.1, 0.15) is 12.8 Å². The quantitative estimate of drug-likeness (QED) is 0.563. The summed E-state index contributed by atoms with van der Waals surface area (Å²) in [7, 11) is 1.75. The predicted molar refractivity (Wildman–Crippen MR) is 56.1 cm³/mol. The molecule has 14 heavy (non-hydrogen) atoms. The van der Waals surface area contributed by atoms with Gasteiger partial charge in [0.1, 0.15) is 0 Å². The fraction of sp³-hybridized carbons (Fsp3) is 0.400. The highest BCUT2D eigenvalue weighted by molar-refractivity contribution is 5.37. The SMILES string of the molecule is C#CCCCn1ncc(NC)cc1=O. The second kappa shape index (κ2) is 5.07. The van der Waals surface area contributed by atoms with Crippen LogP contribution in [0.15, 0.2) is 17.1 Å². The maximum atomic E-state index is 11.4. The summed E-state index contributed by atoms with van der Waals surface area (Å²) in [6.07, 6.45) is 8.18. The average molecular weight is 191 g/mol. The van der Waals surface area contributed by atoms with E-state index >= 15 is 0 Å². The third-order valence-electron chi connectivity index (χ3n) is 1.85. The molecule has 1 N–H and O–H groups in total. The number of aryl methyl sites for hydroxylation is 1. The van der Waals surface area contributed by atoms with E-state index in [1.807, 2.05) is 0 Å². The Bertz CT molecular complexity index is 389. The molecule has 74 valence electrons. The molecule has 4 heteroatoms. The van der Waals surface area contributed by atoms with Gasteiger partial charge in [-0.3, -0.25) is 4.79 Å². The second-order valence-corrected chi connectivity index (χ2v) is 2.86. The molecular weight excluding hydrogens is 178 g/mol. The molecule has 0 aromatic carbocycles. The molecule has 0 saturated heterocycles. The Labute approximate surface area is 82.9 Å². The van der Waals surface area contributed by atoms with Gasteiger partial charge in [0.15, 0.2) is 0 Å². The number of terminal acetylenes is 1. The van der Waals surface area contributed by atoms with Crippen LogP contribution in [-0.2, 0) is 6.54 Å². The van der Waals surface area contributed by atoms with Gasteiger partial charge in [0.2, 0.25) is 0 Å². The predicted octanol–water partition coefficient (Wildman–Crippen LogP) is 0.698. The largest absolute Gasteiger partial charge is 0.387 e. The van der Waals surface area contributed by atoms with Crippen molar-refractivity contribution >= 4 is 5.69 Å². The first-order chi connectivity index (χ1) is 6.77. The lowest BCUT2D eigenvalue weighted by molar-refractivity contribution is 0.555. The lowest BCUT2D eigenvalue weighted by Crippen LogP contribution is -2.22. The zero-order chi connectivity index (χ0) is 10.4. The molecule has 1 aromatic heterocycles. The third-order valence-corrected chi connectivity index (χ3v) is 1.85. The molecule has 0 aliphatic carbocycles. The summed E-state index contributed by atoms with van der Waals surface area (Å²) < 4.78 is 1.41. The highest BCUT2D eigenvalue weighted by Gasteiger charge is 1.97. The summed E-state index contributed by atoms with van der Waals surface area (Å²) in [5.41, 5.74) is 0.622. The molecule has 0 radical (unpaired) electrons. The Morgan fingerprint density at radius 3 is 3.07 bits per heavy atom. The molecule has 0 spiro atoms. The minimum atomic E-state index is -0.103. The molecular formula is C10H13N3O. The molecule has 4 nitrogen and oxygen atoms in total. The molecule has 0 aliphatic rings. The zero-order valence-electron chi connectivity index (χ0n) is 8.16. The zero-order valence-corrected chi connectivity index (χ0v) is 8.16. The highest BCUT2D eigenvalue weighted by Crippen LogP contribution is 1.97. The van der Waals surface area contributed by atoms with E-state index in [0.29, 0.717) is 13.0 Å². The number of aromatic nitrogens is 2. The molecule has 0 saturated carbocycles. The van der Waals surface area contributed by atoms with Crippen LogP contribution < -0.4 is 10.9 Å². The van der Waals surface area contributed by atoms with E-state index < -0.39 is 0 Å². The van der Waals surface area contributed by atoms with Gasteiger partial charge >= 0.3 is 0 Å². The van der Waals surface area contributed by atoms with E-state index in [1.54, 1.807) is 13.2 Å². The van der Waals surface area contributed by atoms with Crippen molar-refractivity contribution in [1.29, 1.82) is 0 Å². The minimum Gasteiger partial charge on any atom is -0.387 e. The van der Waals surface area contributed by atoms with Crippen molar-refractivity contribution < 1.29 is 0 Å². The Morgan fingerprint density at radius 1 is 1.71 bits per heavy atom. The summed E-state index contributed by atoms with van der Waals surface area (Å²) >= 11 is 0. The summed E-state index contributed by atoms with van der Waals surface area (Å²) in [5, 5.41) is 6.85. The molecule has 0 unspecified atom stereocenters. The number of nitrogens with one attached hydrogen (secondary N) is 1. The van der Waals surface area contributed by atoms with E-state index in [4.69, 9.17) is 6.42 Å². The number of hydrogen-bond donors (Lipinski definition) is 1. The van der Waals surface area contributed by atoms with Gasteiger partial charge in [-0.05, 0) is 6.42 Å². The average Bonchev–Trinajstić information content (AvgIpc) is 2.20. The Kier molecular flexibility index (Phi) is 3.74. The van der Waals surface area contributed by atoms with Gasteiger partial charge in [-0.1, -0.05) is 0 Å². The van der Waals surface area contributed by atoms with Crippen LogP contribution >= 0.6 is 0 Å². The lowest BCUT2D eigenvalue weighted by Gasteiger charge is -2.03. The van der Waals surface area contributed by atoms with Gasteiger partial charge < -0.3 is 5.32 Å². The summed E-state index contributed by atoms with van der Waals surface area (Å²) in [6, 6.07) is 1.52. The number of nitrogens with zero attached hydrogens (tertiary/aromatic N) is 2. The van der Waals surface area contributed by atoms with Crippen LogP contribution in [-0.4, -0.2) is 16.8 Å². The van der Waals surface area contributed by atoms with Crippen molar-refractivity contribution in [2.24, 2.45) is 0 Å². The molecule has 0 atom stereocenters. The molecule has 0 bridgehead atoms. The van der Waals surface area contributed by atoms with Crippen molar-refractivity contribution in [1.82, 2.24) is 9.78 Å². The fourth-order valence-corrected chi connectivity index (χ4v) is 1.07. The Balaban J connectivity index is 2.70. The summed E-state index contributed by atoms with van der Waals surface area (Å²) in [6.45, 7) is 0.576. The maximum absolute atomic E-state index is 11.4. The Hall–Kier alpha value is -1.76. The van der Waals surface area contributed by atoms with E-state index in [1.165, 1.54) is 10.7 Å². The van der Waals surface area contributed by atoms with Gasteiger partial charge in [-0.25, -0.2) is 4.68 Å². The van der Waals surface area contributed by atoms with E-state index in [9.17, 15) is 4.79 Å². The summed E-state index contributed by atoms with van der Waals surface area (Å²) in [4.78, 5) is 11.4. The van der Waals surface area contributed by atoms with Crippen molar-refractivity contribution in [2.45, 2.75) is 19.4 Å². The van der Waals surface area contributed by atoms with Crippen molar-refractivity contribution in [3.8, 4) is 12.3 Å². The molecule has 0 fully saturated rings. The monoisotopic (exact) mass is 191 g/mol. The smallest absolute Gasteiger partial charge is 0.268 e. The molecule has 1 rings (SSSR count). The van der Waals surface area contributed by atoms with Gasteiger partial charge in [0.25, 0.3) is 5.56 Å². The van der Waals surface area contributed by atoms with Crippen molar-refractivity contribution in [3.05, 3.63) is 22.6 Å². The third kappa shape index (κ3) is 2.63.